The molecule has 19 heavy (non-hydrogen) atoms. The lowest BCUT2D eigenvalue weighted by Crippen LogP contribution is -2.14. The molecule has 2 aromatic rings. The molecular weight excluding hydrogens is 318 g/mol. The molecule has 0 N–H and O–H groups in total. The van der Waals surface area contributed by atoms with Crippen molar-refractivity contribution >= 4 is 21.6 Å². The fraction of sp³-hybridized carbons (Fsp3) is 0.462. The molecule has 0 atom stereocenters. The summed E-state index contributed by atoms with van der Waals surface area (Å²) in [5.74, 6) is 0.363. The van der Waals surface area contributed by atoms with E-state index >= 15 is 0 Å². The van der Waals surface area contributed by atoms with E-state index in [1.807, 2.05) is 6.20 Å². The van der Waals surface area contributed by atoms with E-state index in [0.29, 0.717) is 16.0 Å². The van der Waals surface area contributed by atoms with Gasteiger partial charge in [0.2, 0.25) is 0 Å². The van der Waals surface area contributed by atoms with Crippen molar-refractivity contribution in [3.05, 3.63) is 34.2 Å². The van der Waals surface area contributed by atoms with E-state index in [0.717, 1.165) is 31.7 Å². The van der Waals surface area contributed by atoms with Crippen molar-refractivity contribution < 1.29 is 13.5 Å². The van der Waals surface area contributed by atoms with Crippen LogP contribution in [0.15, 0.2) is 22.9 Å². The molecule has 0 aliphatic carbocycles. The molecule has 1 fully saturated rings. The van der Waals surface area contributed by atoms with Gasteiger partial charge in [-0.05, 0) is 34.8 Å². The molecule has 3 nitrogen and oxygen atoms in total. The average molecular weight is 331 g/mol. The monoisotopic (exact) mass is 330 g/mol. The maximum atomic E-state index is 12.8. The van der Waals surface area contributed by atoms with Crippen LogP contribution in [0.25, 0.3) is 5.65 Å². The molecule has 0 spiro atoms. The van der Waals surface area contributed by atoms with Crippen molar-refractivity contribution in [2.45, 2.75) is 25.2 Å². The van der Waals surface area contributed by atoms with E-state index in [1.54, 1.807) is 10.6 Å². The van der Waals surface area contributed by atoms with Crippen LogP contribution >= 0.6 is 15.9 Å². The van der Waals surface area contributed by atoms with Gasteiger partial charge in [0.05, 0.1) is 5.69 Å². The highest BCUT2D eigenvalue weighted by atomic mass is 79.9. The van der Waals surface area contributed by atoms with E-state index in [2.05, 4.69) is 20.9 Å². The minimum Gasteiger partial charge on any atom is -0.381 e. The molecule has 1 saturated heterocycles. The van der Waals surface area contributed by atoms with Gasteiger partial charge >= 0.3 is 0 Å². The molecule has 2 aromatic heterocycles. The van der Waals surface area contributed by atoms with Gasteiger partial charge in [0.25, 0.3) is 6.43 Å². The van der Waals surface area contributed by atoms with Crippen LogP contribution < -0.4 is 0 Å². The summed E-state index contributed by atoms with van der Waals surface area (Å²) in [7, 11) is 0. The zero-order chi connectivity index (χ0) is 13.4. The van der Waals surface area contributed by atoms with Crippen LogP contribution in [0.1, 0.15) is 36.4 Å². The van der Waals surface area contributed by atoms with Crippen LogP contribution in [0.5, 0.6) is 0 Å². The molecule has 0 amide bonds. The maximum Gasteiger partial charge on any atom is 0.265 e. The SMILES string of the molecule is FC(F)c1cc2nc(C3CCOCC3)cn2cc1Br. The average Bonchev–Trinajstić information content (AvgIpc) is 2.81. The first kappa shape index (κ1) is 13.0. The third-order valence-electron chi connectivity index (χ3n) is 3.47. The number of pyridine rings is 1. The summed E-state index contributed by atoms with van der Waals surface area (Å²) < 4.78 is 33.2. The Morgan fingerprint density at radius 3 is 2.74 bits per heavy atom. The van der Waals surface area contributed by atoms with Crippen molar-refractivity contribution in [2.24, 2.45) is 0 Å². The van der Waals surface area contributed by atoms with Gasteiger partial charge in [-0.1, -0.05) is 0 Å². The predicted octanol–water partition coefficient (Wildman–Crippen LogP) is 3.93. The molecule has 0 radical (unpaired) electrons. The Morgan fingerprint density at radius 1 is 1.32 bits per heavy atom. The molecule has 0 unspecified atom stereocenters. The molecular formula is C13H13BrF2N2O. The topological polar surface area (TPSA) is 26.5 Å². The lowest BCUT2D eigenvalue weighted by Gasteiger charge is -2.19. The molecule has 0 aromatic carbocycles. The summed E-state index contributed by atoms with van der Waals surface area (Å²) in [6.07, 6.45) is 2.94. The first-order valence-electron chi connectivity index (χ1n) is 6.19. The zero-order valence-corrected chi connectivity index (χ0v) is 11.7. The van der Waals surface area contributed by atoms with Crippen LogP contribution in [0.4, 0.5) is 8.78 Å². The number of hydrogen-bond donors (Lipinski definition) is 0. The van der Waals surface area contributed by atoms with E-state index in [1.165, 1.54) is 6.07 Å². The van der Waals surface area contributed by atoms with Gasteiger partial charge in [0.1, 0.15) is 5.65 Å². The third kappa shape index (κ3) is 2.51. The van der Waals surface area contributed by atoms with Crippen LogP contribution in [0.3, 0.4) is 0 Å². The highest BCUT2D eigenvalue weighted by Crippen LogP contribution is 2.31. The Kier molecular flexibility index (Phi) is 3.54. The normalized spacial score (nSPS) is 17.5. The van der Waals surface area contributed by atoms with Gasteiger partial charge < -0.3 is 9.14 Å². The van der Waals surface area contributed by atoms with Gasteiger partial charge in [-0.15, -0.1) is 0 Å². The molecule has 1 aliphatic heterocycles. The first-order chi connectivity index (χ1) is 9.15. The number of fused-ring (bicyclic) bond motifs is 1. The lowest BCUT2D eigenvalue weighted by molar-refractivity contribution is 0.0846. The fourth-order valence-electron chi connectivity index (χ4n) is 2.40. The smallest absolute Gasteiger partial charge is 0.265 e. The number of imidazole rings is 1. The minimum absolute atomic E-state index is 0.0170. The zero-order valence-electron chi connectivity index (χ0n) is 10.2. The van der Waals surface area contributed by atoms with E-state index in [-0.39, 0.29) is 5.56 Å². The highest BCUT2D eigenvalue weighted by Gasteiger charge is 2.20. The van der Waals surface area contributed by atoms with Crippen LogP contribution in [0, 0.1) is 0 Å². The third-order valence-corrected chi connectivity index (χ3v) is 4.13. The second-order valence-corrected chi connectivity index (χ2v) is 5.55. The molecule has 3 rings (SSSR count). The molecule has 102 valence electrons. The van der Waals surface area contributed by atoms with Crippen LogP contribution in [-0.2, 0) is 4.74 Å². The lowest BCUT2D eigenvalue weighted by atomic mass is 9.97. The van der Waals surface area contributed by atoms with E-state index in [9.17, 15) is 8.78 Å². The molecule has 6 heteroatoms. The number of aromatic nitrogens is 2. The summed E-state index contributed by atoms with van der Waals surface area (Å²) in [5, 5.41) is 0. The van der Waals surface area contributed by atoms with Crippen molar-refractivity contribution in [1.29, 1.82) is 0 Å². The Morgan fingerprint density at radius 2 is 2.05 bits per heavy atom. The van der Waals surface area contributed by atoms with E-state index < -0.39 is 6.43 Å². The first-order valence-corrected chi connectivity index (χ1v) is 6.98. The standard InChI is InChI=1S/C13H13BrF2N2O/c14-10-6-18-7-11(8-1-3-19-4-2-8)17-12(18)5-9(10)13(15)16/h5-8,13H,1-4H2. The minimum atomic E-state index is -2.50. The van der Waals surface area contributed by atoms with Crippen LogP contribution in [0.2, 0.25) is 0 Å². The Hall–Kier alpha value is -1.01. The maximum absolute atomic E-state index is 12.8. The number of nitrogens with zero attached hydrogens (tertiary/aromatic N) is 2. The van der Waals surface area contributed by atoms with E-state index in [4.69, 9.17) is 4.74 Å². The molecule has 0 bridgehead atoms. The number of halogens is 3. The van der Waals surface area contributed by atoms with Gasteiger partial charge in [0.15, 0.2) is 0 Å². The molecule has 0 saturated carbocycles. The van der Waals surface area contributed by atoms with Crippen LogP contribution in [-0.4, -0.2) is 22.6 Å². The second kappa shape index (κ2) is 5.17. The summed E-state index contributed by atoms with van der Waals surface area (Å²) >= 11 is 3.17. The second-order valence-electron chi connectivity index (χ2n) is 4.70. The van der Waals surface area contributed by atoms with Crippen molar-refractivity contribution in [1.82, 2.24) is 9.38 Å². The van der Waals surface area contributed by atoms with Gasteiger partial charge in [-0.3, -0.25) is 0 Å². The van der Waals surface area contributed by atoms with Gasteiger partial charge in [0, 0.05) is 41.6 Å². The van der Waals surface area contributed by atoms with Gasteiger partial charge in [-0.2, -0.15) is 0 Å². The number of rotatable bonds is 2. The Bertz CT molecular complexity index is 594. The summed E-state index contributed by atoms with van der Waals surface area (Å²) in [4.78, 5) is 4.47. The molecule has 3 heterocycles. The van der Waals surface area contributed by atoms with Crippen molar-refractivity contribution in [3.63, 3.8) is 0 Å². The highest BCUT2D eigenvalue weighted by molar-refractivity contribution is 9.10. The number of alkyl halides is 2. The quantitative estimate of drug-likeness (QED) is 0.834. The fourth-order valence-corrected chi connectivity index (χ4v) is 2.91. The van der Waals surface area contributed by atoms with Crippen molar-refractivity contribution in [2.75, 3.05) is 13.2 Å². The largest absolute Gasteiger partial charge is 0.381 e. The number of hydrogen-bond acceptors (Lipinski definition) is 2. The molecule has 1 aliphatic rings. The Labute approximate surface area is 117 Å². The van der Waals surface area contributed by atoms with Crippen molar-refractivity contribution in [3.8, 4) is 0 Å². The van der Waals surface area contributed by atoms with Gasteiger partial charge in [-0.25, -0.2) is 13.8 Å². The number of ether oxygens (including phenoxy) is 1. The predicted molar refractivity (Wildman–Crippen MR) is 70.6 cm³/mol. The Balaban J connectivity index is 2.00. The summed E-state index contributed by atoms with van der Waals surface area (Å²) in [6.45, 7) is 1.48. The summed E-state index contributed by atoms with van der Waals surface area (Å²) in [6, 6.07) is 1.44. The summed E-state index contributed by atoms with van der Waals surface area (Å²) in [5.41, 5.74) is 1.51.